The van der Waals surface area contributed by atoms with Crippen LogP contribution in [0.2, 0.25) is 0 Å². The van der Waals surface area contributed by atoms with Crippen LogP contribution < -0.4 is 15.5 Å². The third-order valence-corrected chi connectivity index (χ3v) is 4.01. The fourth-order valence-electron chi connectivity index (χ4n) is 2.59. The summed E-state index contributed by atoms with van der Waals surface area (Å²) in [5, 5.41) is 15.0. The van der Waals surface area contributed by atoms with Crippen LogP contribution in [0.3, 0.4) is 0 Å². The van der Waals surface area contributed by atoms with Crippen molar-refractivity contribution in [3.05, 3.63) is 60.0 Å². The second kappa shape index (κ2) is 8.33. The van der Waals surface area contributed by atoms with Crippen molar-refractivity contribution in [1.29, 1.82) is 0 Å². The summed E-state index contributed by atoms with van der Waals surface area (Å²) in [7, 11) is 4.07. The average molecular weight is 351 g/mol. The Labute approximate surface area is 153 Å². The highest BCUT2D eigenvalue weighted by Crippen LogP contribution is 2.12. The van der Waals surface area contributed by atoms with E-state index >= 15 is 0 Å². The molecule has 0 bridgehead atoms. The van der Waals surface area contributed by atoms with Crippen LogP contribution in [0.25, 0.3) is 5.65 Å². The Morgan fingerprint density at radius 1 is 1.08 bits per heavy atom. The van der Waals surface area contributed by atoms with Crippen LogP contribution >= 0.6 is 0 Å². The van der Waals surface area contributed by atoms with Gasteiger partial charge < -0.3 is 15.5 Å². The number of fused-ring (bicyclic) bond motifs is 1. The number of guanidine groups is 1. The molecule has 26 heavy (non-hydrogen) atoms. The summed E-state index contributed by atoms with van der Waals surface area (Å²) in [6, 6.07) is 14.3. The number of nitrogens with zero attached hydrogens (tertiary/aromatic N) is 5. The second-order valence-electron chi connectivity index (χ2n) is 6.15. The standard InChI is InChI=1S/C19H25N7/c1-4-20-19(21-13-15-8-10-16(11-9-15)25(2)3)22-14-18-24-23-17-7-5-6-12-26(17)18/h5-12H,4,13-14H2,1-3H3,(H2,20,21,22). The van der Waals surface area contributed by atoms with E-state index in [1.54, 1.807) is 0 Å². The van der Waals surface area contributed by atoms with Crippen LogP contribution in [0.1, 0.15) is 18.3 Å². The maximum atomic E-state index is 4.66. The third-order valence-electron chi connectivity index (χ3n) is 4.01. The molecule has 3 rings (SSSR count). The molecule has 2 aromatic heterocycles. The van der Waals surface area contributed by atoms with Gasteiger partial charge >= 0.3 is 0 Å². The van der Waals surface area contributed by atoms with Crippen molar-refractivity contribution in [2.75, 3.05) is 25.5 Å². The molecule has 0 aliphatic heterocycles. The molecule has 0 radical (unpaired) electrons. The number of anilines is 1. The Balaban J connectivity index is 1.65. The van der Waals surface area contributed by atoms with Gasteiger partial charge in [0.05, 0.1) is 13.1 Å². The van der Waals surface area contributed by atoms with Crippen LogP contribution in [0.5, 0.6) is 0 Å². The smallest absolute Gasteiger partial charge is 0.191 e. The molecule has 1 aromatic carbocycles. The quantitative estimate of drug-likeness (QED) is 0.525. The average Bonchev–Trinajstić information content (AvgIpc) is 3.07. The lowest BCUT2D eigenvalue weighted by Crippen LogP contribution is -2.37. The SMILES string of the molecule is CCNC(=NCc1ccc(N(C)C)cc1)NCc1nnc2ccccn12. The van der Waals surface area contributed by atoms with Crippen molar-refractivity contribution in [2.24, 2.45) is 4.99 Å². The fourth-order valence-corrected chi connectivity index (χ4v) is 2.59. The van der Waals surface area contributed by atoms with E-state index in [-0.39, 0.29) is 0 Å². The first-order valence-corrected chi connectivity index (χ1v) is 8.74. The van der Waals surface area contributed by atoms with Gasteiger partial charge in [0.25, 0.3) is 0 Å². The summed E-state index contributed by atoms with van der Waals surface area (Å²) >= 11 is 0. The van der Waals surface area contributed by atoms with Crippen molar-refractivity contribution in [2.45, 2.75) is 20.0 Å². The first-order chi connectivity index (χ1) is 12.7. The molecular weight excluding hydrogens is 326 g/mol. The van der Waals surface area contributed by atoms with Crippen LogP contribution in [0.15, 0.2) is 53.7 Å². The Bertz CT molecular complexity index is 865. The van der Waals surface area contributed by atoms with Gasteiger partial charge in [-0.2, -0.15) is 0 Å². The van der Waals surface area contributed by atoms with E-state index in [4.69, 9.17) is 0 Å². The maximum absolute atomic E-state index is 4.66. The summed E-state index contributed by atoms with van der Waals surface area (Å²) in [4.78, 5) is 6.75. The molecule has 2 N–H and O–H groups in total. The predicted molar refractivity (Wildman–Crippen MR) is 105 cm³/mol. The third kappa shape index (κ3) is 4.30. The Morgan fingerprint density at radius 3 is 2.62 bits per heavy atom. The highest BCUT2D eigenvalue weighted by atomic mass is 15.3. The molecule has 0 saturated heterocycles. The van der Waals surface area contributed by atoms with Gasteiger partial charge in [-0.1, -0.05) is 18.2 Å². The fraction of sp³-hybridized carbons (Fsp3) is 0.316. The van der Waals surface area contributed by atoms with Crippen molar-refractivity contribution >= 4 is 17.3 Å². The molecule has 7 nitrogen and oxygen atoms in total. The minimum atomic E-state index is 0.552. The van der Waals surface area contributed by atoms with Gasteiger partial charge in [0.1, 0.15) is 0 Å². The number of nitrogens with one attached hydrogen (secondary N) is 2. The molecular formula is C19H25N7. The Morgan fingerprint density at radius 2 is 1.88 bits per heavy atom. The summed E-state index contributed by atoms with van der Waals surface area (Å²) in [6.07, 6.45) is 1.96. The first kappa shape index (κ1) is 17.7. The normalized spacial score (nSPS) is 11.6. The van der Waals surface area contributed by atoms with E-state index in [1.807, 2.05) is 42.9 Å². The van der Waals surface area contributed by atoms with E-state index in [0.717, 1.165) is 24.0 Å². The van der Waals surface area contributed by atoms with Crippen LogP contribution in [0, 0.1) is 0 Å². The molecule has 0 aliphatic carbocycles. The molecule has 7 heteroatoms. The second-order valence-corrected chi connectivity index (χ2v) is 6.15. The zero-order chi connectivity index (χ0) is 18.4. The molecule has 0 unspecified atom stereocenters. The molecule has 0 atom stereocenters. The molecule has 2 heterocycles. The lowest BCUT2D eigenvalue weighted by atomic mass is 10.2. The minimum Gasteiger partial charge on any atom is -0.378 e. The first-order valence-electron chi connectivity index (χ1n) is 8.74. The monoisotopic (exact) mass is 351 g/mol. The number of aliphatic imine (C=N–C) groups is 1. The van der Waals surface area contributed by atoms with Crippen LogP contribution in [-0.4, -0.2) is 41.2 Å². The largest absolute Gasteiger partial charge is 0.378 e. The minimum absolute atomic E-state index is 0.552. The van der Waals surface area contributed by atoms with Crippen LogP contribution in [0.4, 0.5) is 5.69 Å². The Kier molecular flexibility index (Phi) is 5.68. The highest BCUT2D eigenvalue weighted by molar-refractivity contribution is 5.79. The van der Waals surface area contributed by atoms with E-state index < -0.39 is 0 Å². The van der Waals surface area contributed by atoms with E-state index in [1.165, 1.54) is 11.3 Å². The molecule has 0 saturated carbocycles. The number of hydrogen-bond acceptors (Lipinski definition) is 4. The van der Waals surface area contributed by atoms with Gasteiger partial charge in [0, 0.05) is 32.5 Å². The zero-order valence-electron chi connectivity index (χ0n) is 15.5. The number of aromatic nitrogens is 3. The number of rotatable bonds is 6. The number of hydrogen-bond donors (Lipinski definition) is 2. The summed E-state index contributed by atoms with van der Waals surface area (Å²) < 4.78 is 1.97. The molecule has 0 fully saturated rings. The maximum Gasteiger partial charge on any atom is 0.191 e. The van der Waals surface area contributed by atoms with E-state index in [9.17, 15) is 0 Å². The molecule has 136 valence electrons. The zero-order valence-corrected chi connectivity index (χ0v) is 15.5. The van der Waals surface area contributed by atoms with E-state index in [0.29, 0.717) is 13.1 Å². The van der Waals surface area contributed by atoms with Crippen molar-refractivity contribution in [1.82, 2.24) is 25.2 Å². The summed E-state index contributed by atoms with van der Waals surface area (Å²) in [6.45, 7) is 4.02. The summed E-state index contributed by atoms with van der Waals surface area (Å²) in [5.41, 5.74) is 3.19. The van der Waals surface area contributed by atoms with Crippen molar-refractivity contribution in [3.63, 3.8) is 0 Å². The van der Waals surface area contributed by atoms with Gasteiger partial charge in [-0.15, -0.1) is 10.2 Å². The predicted octanol–water partition coefficient (Wildman–Crippen LogP) is 2.05. The molecule has 0 amide bonds. The van der Waals surface area contributed by atoms with Crippen LogP contribution in [-0.2, 0) is 13.1 Å². The lowest BCUT2D eigenvalue weighted by molar-refractivity contribution is 0.765. The van der Waals surface area contributed by atoms with Gasteiger partial charge in [-0.05, 0) is 36.8 Å². The number of benzene rings is 1. The van der Waals surface area contributed by atoms with Gasteiger partial charge in [-0.3, -0.25) is 4.40 Å². The van der Waals surface area contributed by atoms with Crippen molar-refractivity contribution < 1.29 is 0 Å². The van der Waals surface area contributed by atoms with Gasteiger partial charge in [0.15, 0.2) is 17.4 Å². The highest BCUT2D eigenvalue weighted by Gasteiger charge is 2.05. The Hall–Kier alpha value is -3.09. The summed E-state index contributed by atoms with van der Waals surface area (Å²) in [5.74, 6) is 1.61. The van der Waals surface area contributed by atoms with Gasteiger partial charge in [0.2, 0.25) is 0 Å². The van der Waals surface area contributed by atoms with E-state index in [2.05, 4.69) is 61.9 Å². The molecule has 0 spiro atoms. The molecule has 3 aromatic rings. The van der Waals surface area contributed by atoms with Gasteiger partial charge in [-0.25, -0.2) is 4.99 Å². The lowest BCUT2D eigenvalue weighted by Gasteiger charge is -2.13. The van der Waals surface area contributed by atoms with Crippen molar-refractivity contribution in [3.8, 4) is 0 Å². The number of pyridine rings is 1. The topological polar surface area (TPSA) is 69.8 Å². The molecule has 0 aliphatic rings.